The van der Waals surface area contributed by atoms with Crippen LogP contribution in [0.25, 0.3) is 0 Å². The molecule has 0 spiro atoms. The molecular formula is C13H27N3OS. The van der Waals surface area contributed by atoms with Gasteiger partial charge in [0.15, 0.2) is 0 Å². The first-order valence-corrected chi connectivity index (χ1v) is 8.14. The number of hydrogen-bond acceptors (Lipinski definition) is 4. The Hall–Kier alpha value is -0.260. The van der Waals surface area contributed by atoms with Gasteiger partial charge in [-0.2, -0.15) is 11.8 Å². The highest BCUT2D eigenvalue weighted by molar-refractivity contribution is 7.99. The van der Waals surface area contributed by atoms with Crippen molar-refractivity contribution in [2.24, 2.45) is 0 Å². The molecule has 1 saturated heterocycles. The molecule has 0 aromatic carbocycles. The topological polar surface area (TPSA) is 44.4 Å². The molecule has 1 heterocycles. The van der Waals surface area contributed by atoms with Crippen LogP contribution in [0.5, 0.6) is 0 Å². The van der Waals surface area contributed by atoms with Crippen LogP contribution >= 0.6 is 11.8 Å². The lowest BCUT2D eigenvalue weighted by atomic mass is 10.2. The second-order valence-electron chi connectivity index (χ2n) is 5.02. The smallest absolute Gasteiger partial charge is 0.220 e. The maximum absolute atomic E-state index is 11.6. The van der Waals surface area contributed by atoms with Crippen molar-refractivity contribution in [1.29, 1.82) is 0 Å². The lowest BCUT2D eigenvalue weighted by molar-refractivity contribution is -0.121. The first-order chi connectivity index (χ1) is 8.68. The molecule has 1 amide bonds. The third-order valence-electron chi connectivity index (χ3n) is 2.99. The molecule has 0 unspecified atom stereocenters. The van der Waals surface area contributed by atoms with Crippen molar-refractivity contribution in [3.63, 3.8) is 0 Å². The third-order valence-corrected chi connectivity index (χ3v) is 3.93. The first-order valence-electron chi connectivity index (χ1n) is 6.98. The minimum atomic E-state index is 0.187. The average molecular weight is 273 g/mol. The summed E-state index contributed by atoms with van der Waals surface area (Å²) in [6, 6.07) is 0.505. The summed E-state index contributed by atoms with van der Waals surface area (Å²) in [5, 5.41) is 6.32. The summed E-state index contributed by atoms with van der Waals surface area (Å²) in [5.74, 6) is 2.65. The maximum Gasteiger partial charge on any atom is 0.220 e. The van der Waals surface area contributed by atoms with Gasteiger partial charge in [0.2, 0.25) is 5.91 Å². The summed E-state index contributed by atoms with van der Waals surface area (Å²) < 4.78 is 0. The molecule has 0 aromatic heterocycles. The summed E-state index contributed by atoms with van der Waals surface area (Å²) in [7, 11) is 0. The summed E-state index contributed by atoms with van der Waals surface area (Å²) in [5.41, 5.74) is 0. The fraction of sp³-hybridized carbons (Fsp3) is 0.923. The Kier molecular flexibility index (Phi) is 8.46. The molecule has 1 fully saturated rings. The van der Waals surface area contributed by atoms with Crippen LogP contribution < -0.4 is 10.6 Å². The number of amides is 1. The van der Waals surface area contributed by atoms with Crippen molar-refractivity contribution in [2.75, 3.05) is 44.2 Å². The van der Waals surface area contributed by atoms with Gasteiger partial charge in [0.05, 0.1) is 0 Å². The van der Waals surface area contributed by atoms with Crippen LogP contribution in [-0.2, 0) is 4.79 Å². The van der Waals surface area contributed by atoms with E-state index in [1.807, 2.05) is 11.8 Å². The Balaban J connectivity index is 1.92. The van der Waals surface area contributed by atoms with Crippen molar-refractivity contribution in [3.8, 4) is 0 Å². The molecule has 0 aliphatic carbocycles. The van der Waals surface area contributed by atoms with E-state index in [1.165, 1.54) is 24.6 Å². The molecule has 18 heavy (non-hydrogen) atoms. The number of hydrogen-bond donors (Lipinski definition) is 2. The van der Waals surface area contributed by atoms with E-state index in [1.54, 1.807) is 0 Å². The van der Waals surface area contributed by atoms with E-state index in [0.717, 1.165) is 26.1 Å². The molecular weight excluding hydrogens is 246 g/mol. The minimum Gasteiger partial charge on any atom is -0.355 e. The van der Waals surface area contributed by atoms with Crippen LogP contribution in [0.2, 0.25) is 0 Å². The molecule has 2 N–H and O–H groups in total. The Labute approximate surface area is 115 Å². The van der Waals surface area contributed by atoms with Gasteiger partial charge in [-0.3, -0.25) is 9.69 Å². The van der Waals surface area contributed by atoms with Crippen molar-refractivity contribution in [1.82, 2.24) is 15.5 Å². The third kappa shape index (κ3) is 7.95. The van der Waals surface area contributed by atoms with Gasteiger partial charge in [0.1, 0.15) is 0 Å². The van der Waals surface area contributed by atoms with Crippen LogP contribution in [0, 0.1) is 0 Å². The van der Waals surface area contributed by atoms with Gasteiger partial charge >= 0.3 is 0 Å². The summed E-state index contributed by atoms with van der Waals surface area (Å²) >= 11 is 2.02. The SMILES string of the molecule is CC(C)NCCCC(=O)NCCN1CCSCC1. The van der Waals surface area contributed by atoms with Gasteiger partial charge < -0.3 is 10.6 Å². The number of thioether (sulfide) groups is 1. The summed E-state index contributed by atoms with van der Waals surface area (Å²) in [6.45, 7) is 9.29. The van der Waals surface area contributed by atoms with Gasteiger partial charge in [-0.1, -0.05) is 13.8 Å². The van der Waals surface area contributed by atoms with E-state index in [4.69, 9.17) is 0 Å². The van der Waals surface area contributed by atoms with E-state index >= 15 is 0 Å². The normalized spacial score (nSPS) is 17.1. The monoisotopic (exact) mass is 273 g/mol. The number of nitrogens with one attached hydrogen (secondary N) is 2. The predicted molar refractivity (Wildman–Crippen MR) is 79.1 cm³/mol. The fourth-order valence-corrected chi connectivity index (χ4v) is 2.88. The molecule has 0 radical (unpaired) electrons. The Morgan fingerprint density at radius 3 is 2.67 bits per heavy atom. The van der Waals surface area contributed by atoms with Crippen LogP contribution in [0.3, 0.4) is 0 Å². The molecule has 0 aromatic rings. The fourth-order valence-electron chi connectivity index (χ4n) is 1.91. The van der Waals surface area contributed by atoms with Crippen molar-refractivity contribution in [2.45, 2.75) is 32.7 Å². The summed E-state index contributed by atoms with van der Waals surface area (Å²) in [4.78, 5) is 14.0. The second kappa shape index (κ2) is 9.64. The number of rotatable bonds is 8. The zero-order valence-electron chi connectivity index (χ0n) is 11.7. The van der Waals surface area contributed by atoms with Crippen molar-refractivity contribution < 1.29 is 4.79 Å². The molecule has 0 bridgehead atoms. The van der Waals surface area contributed by atoms with E-state index in [-0.39, 0.29) is 5.91 Å². The Morgan fingerprint density at radius 2 is 2.00 bits per heavy atom. The summed E-state index contributed by atoms with van der Waals surface area (Å²) in [6.07, 6.45) is 1.56. The lowest BCUT2D eigenvalue weighted by Gasteiger charge is -2.25. The van der Waals surface area contributed by atoms with E-state index < -0.39 is 0 Å². The molecule has 4 nitrogen and oxygen atoms in total. The molecule has 1 aliphatic rings. The zero-order valence-corrected chi connectivity index (χ0v) is 12.5. The number of carbonyl (C=O) groups excluding carboxylic acids is 1. The molecule has 0 saturated carbocycles. The van der Waals surface area contributed by atoms with Gasteiger partial charge in [0, 0.05) is 50.1 Å². The predicted octanol–water partition coefficient (Wildman–Crippen LogP) is 0.930. The standard InChI is InChI=1S/C13H27N3OS/c1-12(2)14-5-3-4-13(17)15-6-7-16-8-10-18-11-9-16/h12,14H,3-11H2,1-2H3,(H,15,17). The van der Waals surface area contributed by atoms with E-state index in [2.05, 4.69) is 29.4 Å². The van der Waals surface area contributed by atoms with E-state index in [0.29, 0.717) is 12.5 Å². The van der Waals surface area contributed by atoms with E-state index in [9.17, 15) is 4.79 Å². The first kappa shape index (κ1) is 15.8. The average Bonchev–Trinajstić information content (AvgIpc) is 2.36. The zero-order chi connectivity index (χ0) is 13.2. The van der Waals surface area contributed by atoms with Crippen molar-refractivity contribution in [3.05, 3.63) is 0 Å². The molecule has 0 atom stereocenters. The van der Waals surface area contributed by atoms with Crippen LogP contribution in [-0.4, -0.2) is 61.1 Å². The lowest BCUT2D eigenvalue weighted by Crippen LogP contribution is -2.39. The van der Waals surface area contributed by atoms with Gasteiger partial charge in [-0.05, 0) is 13.0 Å². The highest BCUT2D eigenvalue weighted by atomic mass is 32.2. The van der Waals surface area contributed by atoms with Crippen molar-refractivity contribution >= 4 is 17.7 Å². The Morgan fingerprint density at radius 1 is 1.28 bits per heavy atom. The van der Waals surface area contributed by atoms with Crippen LogP contribution in [0.4, 0.5) is 0 Å². The quantitative estimate of drug-likeness (QED) is 0.646. The van der Waals surface area contributed by atoms with Gasteiger partial charge in [0.25, 0.3) is 0 Å². The van der Waals surface area contributed by atoms with Gasteiger partial charge in [-0.25, -0.2) is 0 Å². The molecule has 1 aliphatic heterocycles. The Bertz CT molecular complexity index is 230. The minimum absolute atomic E-state index is 0.187. The maximum atomic E-state index is 11.6. The highest BCUT2D eigenvalue weighted by Gasteiger charge is 2.09. The molecule has 5 heteroatoms. The highest BCUT2D eigenvalue weighted by Crippen LogP contribution is 2.07. The molecule has 1 rings (SSSR count). The van der Waals surface area contributed by atoms with Crippen LogP contribution in [0.1, 0.15) is 26.7 Å². The number of carbonyl (C=O) groups is 1. The second-order valence-corrected chi connectivity index (χ2v) is 6.24. The number of nitrogens with zero attached hydrogens (tertiary/aromatic N) is 1. The van der Waals surface area contributed by atoms with Crippen LogP contribution in [0.15, 0.2) is 0 Å². The van der Waals surface area contributed by atoms with Gasteiger partial charge in [-0.15, -0.1) is 0 Å². The largest absolute Gasteiger partial charge is 0.355 e. The molecule has 106 valence electrons.